The summed E-state index contributed by atoms with van der Waals surface area (Å²) in [7, 11) is 1.45. The predicted molar refractivity (Wildman–Crippen MR) is 80.4 cm³/mol. The summed E-state index contributed by atoms with van der Waals surface area (Å²) in [5, 5.41) is 19.1. The fourth-order valence-electron chi connectivity index (χ4n) is 1.40. The number of phenolic OH excluding ortho intramolecular Hbond substituents is 1. The Hall–Kier alpha value is -2.49. The molecule has 20 heavy (non-hydrogen) atoms. The van der Waals surface area contributed by atoms with Crippen molar-refractivity contribution in [3.05, 3.63) is 60.4 Å². The van der Waals surface area contributed by atoms with Gasteiger partial charge in [-0.05, 0) is 18.2 Å². The van der Waals surface area contributed by atoms with Crippen molar-refractivity contribution in [2.45, 2.75) is 13.8 Å². The number of hydrogen-bond donors (Lipinski definition) is 2. The number of methoxy groups -OCH3 is 1. The van der Waals surface area contributed by atoms with Crippen LogP contribution >= 0.6 is 0 Å². The highest BCUT2D eigenvalue weighted by Gasteiger charge is 2.18. The number of ketones is 1. The van der Waals surface area contributed by atoms with Crippen LogP contribution in [0.15, 0.2) is 54.8 Å². The molecule has 1 aromatic rings. The molecule has 0 bridgehead atoms. The number of aromatic hydroxyl groups is 1. The zero-order valence-corrected chi connectivity index (χ0v) is 12.0. The molecule has 0 spiro atoms. The number of aliphatic hydroxyl groups is 1. The standard InChI is InChI=1S/C14H14O4.C2H6/c1-4-5-11(9(2)15)14(17)12-7-6-10(18-3)8-13(12)16;1-2/h4-8,15-16H,1-2H2,3H3;1-2H3/b11-5+;. The van der Waals surface area contributed by atoms with E-state index in [1.807, 2.05) is 13.8 Å². The number of benzene rings is 1. The largest absolute Gasteiger partial charge is 0.508 e. The van der Waals surface area contributed by atoms with Crippen molar-refractivity contribution in [3.8, 4) is 11.5 Å². The van der Waals surface area contributed by atoms with E-state index >= 15 is 0 Å². The molecule has 0 atom stereocenters. The molecule has 108 valence electrons. The maximum Gasteiger partial charge on any atom is 0.200 e. The van der Waals surface area contributed by atoms with E-state index in [9.17, 15) is 15.0 Å². The second kappa shape index (κ2) is 8.58. The summed E-state index contributed by atoms with van der Waals surface area (Å²) in [5.41, 5.74) is 0.0320. The highest BCUT2D eigenvalue weighted by molar-refractivity contribution is 6.12. The molecular formula is C16H20O4. The van der Waals surface area contributed by atoms with Crippen LogP contribution in [0.3, 0.4) is 0 Å². The van der Waals surface area contributed by atoms with Crippen LogP contribution in [0.25, 0.3) is 0 Å². The number of carbonyl (C=O) groups is 1. The van der Waals surface area contributed by atoms with Gasteiger partial charge < -0.3 is 14.9 Å². The molecule has 0 aliphatic carbocycles. The molecule has 0 saturated heterocycles. The Bertz CT molecular complexity index is 527. The molecule has 4 heteroatoms. The van der Waals surface area contributed by atoms with Gasteiger partial charge in [0.25, 0.3) is 0 Å². The van der Waals surface area contributed by atoms with E-state index in [-0.39, 0.29) is 22.6 Å². The van der Waals surface area contributed by atoms with Crippen molar-refractivity contribution in [2.75, 3.05) is 7.11 Å². The molecular weight excluding hydrogens is 256 g/mol. The molecule has 1 rings (SSSR count). The van der Waals surface area contributed by atoms with Crippen molar-refractivity contribution >= 4 is 5.78 Å². The molecule has 0 fully saturated rings. The van der Waals surface area contributed by atoms with Gasteiger partial charge >= 0.3 is 0 Å². The highest BCUT2D eigenvalue weighted by atomic mass is 16.5. The zero-order valence-electron chi connectivity index (χ0n) is 12.0. The molecule has 0 aromatic heterocycles. The number of aliphatic hydroxyl groups excluding tert-OH is 1. The van der Waals surface area contributed by atoms with Crippen LogP contribution in [-0.4, -0.2) is 23.1 Å². The zero-order chi connectivity index (χ0) is 15.7. The topological polar surface area (TPSA) is 66.8 Å². The first-order chi connectivity index (χ1) is 9.51. The normalized spacial score (nSPS) is 10.1. The summed E-state index contributed by atoms with van der Waals surface area (Å²) in [6, 6.07) is 4.27. The average Bonchev–Trinajstić information content (AvgIpc) is 2.45. The lowest BCUT2D eigenvalue weighted by Gasteiger charge is -2.08. The third-order valence-electron chi connectivity index (χ3n) is 2.29. The smallest absolute Gasteiger partial charge is 0.200 e. The van der Waals surface area contributed by atoms with Crippen molar-refractivity contribution in [1.29, 1.82) is 0 Å². The third kappa shape index (κ3) is 4.31. The van der Waals surface area contributed by atoms with E-state index in [0.29, 0.717) is 5.75 Å². The Morgan fingerprint density at radius 2 is 1.95 bits per heavy atom. The summed E-state index contributed by atoms with van der Waals surface area (Å²) in [4.78, 5) is 12.1. The Morgan fingerprint density at radius 3 is 2.35 bits per heavy atom. The summed E-state index contributed by atoms with van der Waals surface area (Å²) < 4.78 is 4.92. The van der Waals surface area contributed by atoms with E-state index < -0.39 is 5.78 Å². The predicted octanol–water partition coefficient (Wildman–Crippen LogP) is 3.79. The van der Waals surface area contributed by atoms with Crippen LogP contribution in [0.4, 0.5) is 0 Å². The molecule has 0 aliphatic heterocycles. The Morgan fingerprint density at radius 1 is 1.35 bits per heavy atom. The molecule has 1 aromatic carbocycles. The SMILES string of the molecule is C=C/C=C(\C(=C)O)C(=O)c1ccc(OC)cc1O.CC. The van der Waals surface area contributed by atoms with E-state index in [0.717, 1.165) is 0 Å². The number of allylic oxidation sites excluding steroid dienone is 3. The molecule has 0 unspecified atom stereocenters. The summed E-state index contributed by atoms with van der Waals surface area (Å²) >= 11 is 0. The lowest BCUT2D eigenvalue weighted by atomic mass is 10.0. The maximum absolute atomic E-state index is 12.1. The Balaban J connectivity index is 0.00000172. The first kappa shape index (κ1) is 17.5. The second-order valence-electron chi connectivity index (χ2n) is 3.47. The van der Waals surface area contributed by atoms with Crippen molar-refractivity contribution in [1.82, 2.24) is 0 Å². The van der Waals surface area contributed by atoms with Gasteiger partial charge in [-0.1, -0.05) is 33.1 Å². The summed E-state index contributed by atoms with van der Waals surface area (Å²) in [6.07, 6.45) is 2.68. The Kier molecular flexibility index (Phi) is 7.52. The monoisotopic (exact) mass is 276 g/mol. The van der Waals surface area contributed by atoms with Crippen molar-refractivity contribution in [3.63, 3.8) is 0 Å². The average molecular weight is 276 g/mol. The van der Waals surface area contributed by atoms with E-state index in [4.69, 9.17) is 4.74 Å². The first-order valence-electron chi connectivity index (χ1n) is 6.14. The van der Waals surface area contributed by atoms with Crippen LogP contribution < -0.4 is 4.74 Å². The van der Waals surface area contributed by atoms with Gasteiger partial charge in [0.05, 0.1) is 18.2 Å². The number of carbonyl (C=O) groups excluding carboxylic acids is 1. The van der Waals surface area contributed by atoms with E-state index in [1.54, 1.807) is 6.07 Å². The van der Waals surface area contributed by atoms with Gasteiger partial charge in [0.2, 0.25) is 0 Å². The summed E-state index contributed by atoms with van der Waals surface area (Å²) in [6.45, 7) is 10.7. The number of ether oxygens (including phenoxy) is 1. The Labute approximate surface area is 119 Å². The maximum atomic E-state index is 12.1. The second-order valence-corrected chi connectivity index (χ2v) is 3.47. The van der Waals surface area contributed by atoms with Crippen molar-refractivity contribution < 1.29 is 19.7 Å². The molecule has 0 heterocycles. The number of phenols is 1. The van der Waals surface area contributed by atoms with Gasteiger partial charge in [-0.2, -0.15) is 0 Å². The van der Waals surface area contributed by atoms with Crippen LogP contribution in [0.1, 0.15) is 24.2 Å². The molecule has 0 radical (unpaired) electrons. The third-order valence-corrected chi connectivity index (χ3v) is 2.29. The number of Topliss-reactive ketones (excluding diaryl/α,β-unsaturated/α-hetero) is 1. The fraction of sp³-hybridized carbons (Fsp3) is 0.188. The highest BCUT2D eigenvalue weighted by Crippen LogP contribution is 2.26. The van der Waals surface area contributed by atoms with Gasteiger partial charge in [0.15, 0.2) is 5.78 Å². The number of rotatable bonds is 5. The van der Waals surface area contributed by atoms with Crippen LogP contribution in [0.2, 0.25) is 0 Å². The van der Waals surface area contributed by atoms with Crippen LogP contribution in [0.5, 0.6) is 11.5 Å². The van der Waals surface area contributed by atoms with Gasteiger partial charge in [0.1, 0.15) is 17.3 Å². The van der Waals surface area contributed by atoms with Crippen LogP contribution in [0, 0.1) is 0 Å². The minimum Gasteiger partial charge on any atom is -0.508 e. The van der Waals surface area contributed by atoms with Crippen LogP contribution in [-0.2, 0) is 0 Å². The quantitative estimate of drug-likeness (QED) is 0.371. The molecule has 2 N–H and O–H groups in total. The summed E-state index contributed by atoms with van der Waals surface area (Å²) in [5.74, 6) is -0.714. The molecule has 0 amide bonds. The molecule has 4 nitrogen and oxygen atoms in total. The van der Waals surface area contributed by atoms with E-state index in [2.05, 4.69) is 13.2 Å². The fourth-order valence-corrected chi connectivity index (χ4v) is 1.40. The van der Waals surface area contributed by atoms with Gasteiger partial charge in [0, 0.05) is 6.07 Å². The first-order valence-corrected chi connectivity index (χ1v) is 6.14. The molecule has 0 saturated carbocycles. The minimum absolute atomic E-state index is 0.0227. The number of hydrogen-bond acceptors (Lipinski definition) is 4. The lowest BCUT2D eigenvalue weighted by Crippen LogP contribution is -2.05. The van der Waals surface area contributed by atoms with Gasteiger partial charge in [-0.3, -0.25) is 4.79 Å². The van der Waals surface area contributed by atoms with Crippen molar-refractivity contribution in [2.24, 2.45) is 0 Å². The minimum atomic E-state index is -0.539. The van der Waals surface area contributed by atoms with E-state index in [1.165, 1.54) is 31.4 Å². The van der Waals surface area contributed by atoms with Gasteiger partial charge in [-0.15, -0.1) is 0 Å². The lowest BCUT2D eigenvalue weighted by molar-refractivity contribution is 0.102. The van der Waals surface area contributed by atoms with Gasteiger partial charge in [-0.25, -0.2) is 0 Å². The molecule has 0 aliphatic rings.